The molecule has 0 saturated carbocycles. The summed E-state index contributed by atoms with van der Waals surface area (Å²) in [6, 6.07) is -0.0391. The minimum absolute atomic E-state index is 0.0938. The second-order valence-corrected chi connectivity index (χ2v) is 6.55. The Bertz CT molecular complexity index is 495. The van der Waals surface area contributed by atoms with Crippen LogP contribution in [0.5, 0.6) is 0 Å². The van der Waals surface area contributed by atoms with Crippen molar-refractivity contribution in [1.82, 2.24) is 20.5 Å². The Morgan fingerprint density at radius 2 is 2.27 bits per heavy atom. The fourth-order valence-electron chi connectivity index (χ4n) is 2.32. The van der Waals surface area contributed by atoms with Crippen LogP contribution in [0.2, 0.25) is 0 Å². The maximum absolute atomic E-state index is 11.3. The van der Waals surface area contributed by atoms with Crippen molar-refractivity contribution in [3.63, 3.8) is 0 Å². The number of hydrogen-bond acceptors (Lipinski definition) is 5. The van der Waals surface area contributed by atoms with Gasteiger partial charge in [0, 0.05) is 32.1 Å². The summed E-state index contributed by atoms with van der Waals surface area (Å²) in [7, 11) is 1.61. The average Bonchev–Trinajstić information content (AvgIpc) is 2.94. The molecule has 1 atom stereocenters. The van der Waals surface area contributed by atoms with E-state index < -0.39 is 0 Å². The number of rotatable bonds is 4. The van der Waals surface area contributed by atoms with Gasteiger partial charge >= 0.3 is 6.03 Å². The van der Waals surface area contributed by atoms with Crippen LogP contribution in [0.15, 0.2) is 10.7 Å². The van der Waals surface area contributed by atoms with Gasteiger partial charge in [-0.25, -0.2) is 9.78 Å². The number of nitrogens with zero attached hydrogens (tertiary/aromatic N) is 2. The van der Waals surface area contributed by atoms with Crippen LogP contribution in [0.4, 0.5) is 4.79 Å². The highest BCUT2D eigenvalue weighted by Gasteiger charge is 2.26. The first-order chi connectivity index (χ1) is 10.4. The number of oxazole rings is 1. The number of urea groups is 1. The largest absolute Gasteiger partial charge is 0.448 e. The number of aromatic nitrogens is 1. The molecule has 0 bridgehead atoms. The van der Waals surface area contributed by atoms with Crippen molar-refractivity contribution in [2.24, 2.45) is 0 Å². The predicted molar refractivity (Wildman–Crippen MR) is 82.7 cm³/mol. The third kappa shape index (κ3) is 4.45. The molecule has 124 valence electrons. The SMILES string of the molecule is CNC(=O)NC[C@H]1COCCN1Cc1coc(C(C)(C)C)n1. The van der Waals surface area contributed by atoms with E-state index in [1.54, 1.807) is 13.3 Å². The maximum atomic E-state index is 11.3. The third-order valence-corrected chi connectivity index (χ3v) is 3.63. The quantitative estimate of drug-likeness (QED) is 0.870. The molecule has 2 heterocycles. The van der Waals surface area contributed by atoms with Gasteiger partial charge in [0.15, 0.2) is 5.89 Å². The fourth-order valence-corrected chi connectivity index (χ4v) is 2.32. The Balaban J connectivity index is 1.96. The monoisotopic (exact) mass is 310 g/mol. The number of ether oxygens (including phenoxy) is 1. The first-order valence-electron chi connectivity index (χ1n) is 7.62. The molecular formula is C15H26N4O3. The summed E-state index contributed by atoms with van der Waals surface area (Å²) in [6.07, 6.45) is 1.72. The zero-order chi connectivity index (χ0) is 16.2. The molecule has 1 aromatic rings. The van der Waals surface area contributed by atoms with Crippen LogP contribution >= 0.6 is 0 Å². The maximum Gasteiger partial charge on any atom is 0.314 e. The average molecular weight is 310 g/mol. The van der Waals surface area contributed by atoms with Crippen molar-refractivity contribution >= 4 is 6.03 Å². The molecule has 7 heteroatoms. The molecule has 0 unspecified atom stereocenters. The summed E-state index contributed by atoms with van der Waals surface area (Å²) in [4.78, 5) is 18.2. The van der Waals surface area contributed by atoms with E-state index in [1.807, 2.05) is 0 Å². The van der Waals surface area contributed by atoms with Crippen LogP contribution in [0.25, 0.3) is 0 Å². The highest BCUT2D eigenvalue weighted by Crippen LogP contribution is 2.22. The second kappa shape index (κ2) is 7.11. The third-order valence-electron chi connectivity index (χ3n) is 3.63. The van der Waals surface area contributed by atoms with Gasteiger partial charge in [0.1, 0.15) is 6.26 Å². The second-order valence-electron chi connectivity index (χ2n) is 6.55. The number of nitrogens with one attached hydrogen (secondary N) is 2. The molecule has 0 aliphatic carbocycles. The van der Waals surface area contributed by atoms with E-state index in [1.165, 1.54) is 0 Å². The molecule has 7 nitrogen and oxygen atoms in total. The molecule has 0 radical (unpaired) electrons. The first kappa shape index (κ1) is 16.8. The van der Waals surface area contributed by atoms with Gasteiger partial charge in [-0.1, -0.05) is 20.8 Å². The number of hydrogen-bond donors (Lipinski definition) is 2. The smallest absolute Gasteiger partial charge is 0.314 e. The standard InChI is InChI=1S/C15H26N4O3/c1-15(2,3)13-18-11(9-22-13)8-19-5-6-21-10-12(19)7-17-14(20)16-4/h9,12H,5-8,10H2,1-4H3,(H2,16,17,20)/t12-/m0/s1. The van der Waals surface area contributed by atoms with E-state index >= 15 is 0 Å². The number of carbonyl (C=O) groups excluding carboxylic acids is 1. The molecule has 1 aromatic heterocycles. The van der Waals surface area contributed by atoms with Crippen LogP contribution in [0.3, 0.4) is 0 Å². The van der Waals surface area contributed by atoms with Gasteiger partial charge in [0.2, 0.25) is 0 Å². The van der Waals surface area contributed by atoms with Crippen molar-refractivity contribution in [2.75, 3.05) is 33.4 Å². The molecule has 2 rings (SSSR count). The van der Waals surface area contributed by atoms with E-state index in [9.17, 15) is 4.79 Å². The molecule has 2 N–H and O–H groups in total. The lowest BCUT2D eigenvalue weighted by molar-refractivity contribution is -0.0105. The number of morpholine rings is 1. The zero-order valence-electron chi connectivity index (χ0n) is 13.8. The number of amides is 2. The van der Waals surface area contributed by atoms with Gasteiger partial charge in [0.25, 0.3) is 0 Å². The highest BCUT2D eigenvalue weighted by atomic mass is 16.5. The summed E-state index contributed by atoms with van der Waals surface area (Å²) in [5, 5.41) is 5.38. The van der Waals surface area contributed by atoms with Crippen LogP contribution in [0.1, 0.15) is 32.4 Å². The van der Waals surface area contributed by atoms with E-state index in [0.29, 0.717) is 26.3 Å². The topological polar surface area (TPSA) is 79.6 Å². The van der Waals surface area contributed by atoms with Crippen LogP contribution < -0.4 is 10.6 Å². The van der Waals surface area contributed by atoms with Crippen molar-refractivity contribution in [3.05, 3.63) is 17.8 Å². The van der Waals surface area contributed by atoms with Gasteiger partial charge in [-0.3, -0.25) is 4.90 Å². The van der Waals surface area contributed by atoms with Crippen molar-refractivity contribution in [1.29, 1.82) is 0 Å². The molecule has 22 heavy (non-hydrogen) atoms. The minimum atomic E-state index is -0.179. The summed E-state index contributed by atoms with van der Waals surface area (Å²) in [5.41, 5.74) is 0.820. The Labute approximate surface area is 131 Å². The van der Waals surface area contributed by atoms with Crippen LogP contribution in [-0.2, 0) is 16.7 Å². The first-order valence-corrected chi connectivity index (χ1v) is 7.62. The lowest BCUT2D eigenvalue weighted by atomic mass is 9.97. The Morgan fingerprint density at radius 3 is 2.91 bits per heavy atom. The van der Waals surface area contributed by atoms with Gasteiger partial charge in [-0.05, 0) is 0 Å². The normalized spacial score (nSPS) is 19.9. The molecule has 1 fully saturated rings. The molecule has 2 amide bonds. The van der Waals surface area contributed by atoms with E-state index in [4.69, 9.17) is 9.15 Å². The molecular weight excluding hydrogens is 284 g/mol. The number of carbonyl (C=O) groups is 1. The van der Waals surface area contributed by atoms with Crippen LogP contribution in [0, 0.1) is 0 Å². The summed E-state index contributed by atoms with van der Waals surface area (Å²) < 4.78 is 11.1. The molecule has 1 aliphatic rings. The lowest BCUT2D eigenvalue weighted by Crippen LogP contribution is -2.51. The van der Waals surface area contributed by atoms with Gasteiger partial charge in [-0.2, -0.15) is 0 Å². The van der Waals surface area contributed by atoms with Crippen molar-refractivity contribution < 1.29 is 13.9 Å². The van der Waals surface area contributed by atoms with E-state index in [2.05, 4.69) is 41.3 Å². The summed E-state index contributed by atoms with van der Waals surface area (Å²) in [5.74, 6) is 0.746. The van der Waals surface area contributed by atoms with Gasteiger partial charge < -0.3 is 19.8 Å². The van der Waals surface area contributed by atoms with Crippen LogP contribution in [-0.4, -0.2) is 55.3 Å². The molecule has 1 saturated heterocycles. The molecule has 0 aromatic carbocycles. The van der Waals surface area contributed by atoms with Crippen molar-refractivity contribution in [3.8, 4) is 0 Å². The Hall–Kier alpha value is -1.60. The summed E-state index contributed by atoms with van der Waals surface area (Å²) in [6.45, 7) is 9.59. The van der Waals surface area contributed by atoms with Gasteiger partial charge in [0.05, 0.1) is 24.9 Å². The van der Waals surface area contributed by atoms with E-state index in [-0.39, 0.29) is 17.5 Å². The van der Waals surface area contributed by atoms with E-state index in [0.717, 1.165) is 18.1 Å². The predicted octanol–water partition coefficient (Wildman–Crippen LogP) is 1.10. The Morgan fingerprint density at radius 1 is 1.50 bits per heavy atom. The Kier molecular flexibility index (Phi) is 5.42. The minimum Gasteiger partial charge on any atom is -0.448 e. The zero-order valence-corrected chi connectivity index (χ0v) is 13.8. The summed E-state index contributed by atoms with van der Waals surface area (Å²) >= 11 is 0. The fraction of sp³-hybridized carbons (Fsp3) is 0.733. The lowest BCUT2D eigenvalue weighted by Gasteiger charge is -2.35. The van der Waals surface area contributed by atoms with Gasteiger partial charge in [-0.15, -0.1) is 0 Å². The highest BCUT2D eigenvalue weighted by molar-refractivity contribution is 5.73. The molecule has 0 spiro atoms. The van der Waals surface area contributed by atoms with Crippen molar-refractivity contribution in [2.45, 2.75) is 38.8 Å². The molecule has 1 aliphatic heterocycles.